The summed E-state index contributed by atoms with van der Waals surface area (Å²) in [6, 6.07) is 24.7. The van der Waals surface area contributed by atoms with Crippen molar-refractivity contribution in [3.05, 3.63) is 101 Å². The van der Waals surface area contributed by atoms with Crippen LogP contribution in [0.1, 0.15) is 21.5 Å². The first kappa shape index (κ1) is 20.5. The smallest absolute Gasteiger partial charge is 0.252 e. The first-order valence-electron chi connectivity index (χ1n) is 9.09. The lowest BCUT2D eigenvalue weighted by molar-refractivity contribution is 0.0953. The number of carbonyl (C=O) groups is 1. The second-order valence-electron chi connectivity index (χ2n) is 6.17. The molecular weight excluding hydrogens is 389 g/mol. The van der Waals surface area contributed by atoms with Gasteiger partial charge in [-0.3, -0.25) is 4.79 Å². The minimum absolute atomic E-state index is 0.0670. The minimum atomic E-state index is -0.177. The van der Waals surface area contributed by atoms with Crippen molar-refractivity contribution in [1.29, 1.82) is 0 Å². The Labute approximate surface area is 173 Å². The fraction of sp³-hybridized carbons (Fsp3) is 0.174. The van der Waals surface area contributed by atoms with E-state index < -0.39 is 0 Å². The Balaban J connectivity index is 1.47. The van der Waals surface area contributed by atoms with Crippen molar-refractivity contribution in [2.24, 2.45) is 0 Å². The molecule has 3 aromatic carbocycles. The van der Waals surface area contributed by atoms with Gasteiger partial charge in [0, 0.05) is 28.7 Å². The minimum Gasteiger partial charge on any atom is -0.351 e. The third kappa shape index (κ3) is 6.14. The van der Waals surface area contributed by atoms with Crippen molar-refractivity contribution in [1.82, 2.24) is 5.32 Å². The first-order valence-corrected chi connectivity index (χ1v) is 11.2. The number of carbonyl (C=O) groups excluding carboxylic acids is 1. The summed E-state index contributed by atoms with van der Waals surface area (Å²) in [5.74, 6) is 1.92. The fourth-order valence-electron chi connectivity index (χ4n) is 2.64. The summed E-state index contributed by atoms with van der Waals surface area (Å²) < 4.78 is 13.6. The zero-order chi connectivity index (χ0) is 19.6. The molecule has 0 unspecified atom stereocenters. The predicted molar refractivity (Wildman–Crippen MR) is 117 cm³/mol. The van der Waals surface area contributed by atoms with E-state index in [0.717, 1.165) is 16.4 Å². The van der Waals surface area contributed by atoms with Gasteiger partial charge in [-0.15, -0.1) is 11.8 Å². The zero-order valence-electron chi connectivity index (χ0n) is 15.4. The summed E-state index contributed by atoms with van der Waals surface area (Å²) in [5, 5.41) is 2.97. The molecule has 5 heteroatoms. The molecule has 1 N–H and O–H groups in total. The van der Waals surface area contributed by atoms with Crippen LogP contribution in [0.25, 0.3) is 0 Å². The summed E-state index contributed by atoms with van der Waals surface area (Å²) in [7, 11) is 0. The molecule has 0 aliphatic heterocycles. The zero-order valence-corrected chi connectivity index (χ0v) is 17.1. The summed E-state index contributed by atoms with van der Waals surface area (Å²) >= 11 is 3.27. The van der Waals surface area contributed by atoms with Gasteiger partial charge in [0.15, 0.2) is 0 Å². The molecule has 0 saturated carbocycles. The highest BCUT2D eigenvalue weighted by Crippen LogP contribution is 2.26. The van der Waals surface area contributed by atoms with Gasteiger partial charge >= 0.3 is 0 Å². The van der Waals surface area contributed by atoms with Crippen LogP contribution in [-0.2, 0) is 11.5 Å². The molecule has 0 aliphatic rings. The molecule has 3 rings (SSSR count). The van der Waals surface area contributed by atoms with Gasteiger partial charge in [0.05, 0.1) is 5.56 Å². The Kier molecular flexibility index (Phi) is 8.00. The van der Waals surface area contributed by atoms with E-state index in [0.29, 0.717) is 23.4 Å². The standard InChI is InChI=1S/C23H22FNOS2/c24-21-12-6-4-10-19(21)17-27-15-14-25-23(26)20-11-5-7-13-22(20)28-16-18-8-2-1-3-9-18/h1-13H,14-17H2,(H,25,26). The van der Waals surface area contributed by atoms with E-state index in [-0.39, 0.29) is 11.7 Å². The van der Waals surface area contributed by atoms with Gasteiger partial charge in [-0.1, -0.05) is 60.7 Å². The van der Waals surface area contributed by atoms with Crippen LogP contribution in [0, 0.1) is 5.82 Å². The summed E-state index contributed by atoms with van der Waals surface area (Å²) in [5.41, 5.74) is 2.62. The average molecular weight is 412 g/mol. The Hall–Kier alpha value is -2.24. The number of benzene rings is 3. The van der Waals surface area contributed by atoms with Gasteiger partial charge in [-0.05, 0) is 29.3 Å². The maximum Gasteiger partial charge on any atom is 0.252 e. The number of hydrogen-bond donors (Lipinski definition) is 1. The van der Waals surface area contributed by atoms with E-state index >= 15 is 0 Å². The highest BCUT2D eigenvalue weighted by molar-refractivity contribution is 7.98. The van der Waals surface area contributed by atoms with Gasteiger partial charge in [-0.2, -0.15) is 11.8 Å². The molecule has 28 heavy (non-hydrogen) atoms. The lowest BCUT2D eigenvalue weighted by atomic mass is 10.2. The van der Waals surface area contributed by atoms with Crippen molar-refractivity contribution in [3.63, 3.8) is 0 Å². The SMILES string of the molecule is O=C(NCCSCc1ccccc1F)c1ccccc1SCc1ccccc1. The molecule has 0 atom stereocenters. The molecule has 0 aliphatic carbocycles. The number of amides is 1. The largest absolute Gasteiger partial charge is 0.351 e. The van der Waals surface area contributed by atoms with E-state index in [2.05, 4.69) is 17.4 Å². The maximum atomic E-state index is 13.6. The molecule has 0 radical (unpaired) electrons. The van der Waals surface area contributed by atoms with Crippen LogP contribution in [-0.4, -0.2) is 18.2 Å². The van der Waals surface area contributed by atoms with Crippen molar-refractivity contribution in [2.45, 2.75) is 16.4 Å². The summed E-state index contributed by atoms with van der Waals surface area (Å²) in [6.45, 7) is 0.551. The van der Waals surface area contributed by atoms with Gasteiger partial charge < -0.3 is 5.32 Å². The number of hydrogen-bond acceptors (Lipinski definition) is 3. The normalized spacial score (nSPS) is 10.6. The van der Waals surface area contributed by atoms with Gasteiger partial charge in [-0.25, -0.2) is 4.39 Å². The molecule has 0 heterocycles. The average Bonchev–Trinajstić information content (AvgIpc) is 2.74. The molecule has 2 nitrogen and oxygen atoms in total. The van der Waals surface area contributed by atoms with Crippen LogP contribution in [0.2, 0.25) is 0 Å². The highest BCUT2D eigenvalue weighted by atomic mass is 32.2. The van der Waals surface area contributed by atoms with E-state index in [4.69, 9.17) is 0 Å². The monoisotopic (exact) mass is 411 g/mol. The molecule has 0 bridgehead atoms. The topological polar surface area (TPSA) is 29.1 Å². The number of nitrogens with one attached hydrogen (secondary N) is 1. The second-order valence-corrected chi connectivity index (χ2v) is 8.29. The number of thioether (sulfide) groups is 2. The molecule has 0 saturated heterocycles. The van der Waals surface area contributed by atoms with Crippen LogP contribution in [0.4, 0.5) is 4.39 Å². The van der Waals surface area contributed by atoms with E-state index in [1.165, 1.54) is 11.6 Å². The van der Waals surface area contributed by atoms with Crippen molar-refractivity contribution < 1.29 is 9.18 Å². The van der Waals surface area contributed by atoms with Crippen LogP contribution < -0.4 is 5.32 Å². The number of rotatable bonds is 9. The van der Waals surface area contributed by atoms with Gasteiger partial charge in [0.2, 0.25) is 0 Å². The van der Waals surface area contributed by atoms with Crippen molar-refractivity contribution >= 4 is 29.4 Å². The maximum absolute atomic E-state index is 13.6. The van der Waals surface area contributed by atoms with Crippen LogP contribution in [0.5, 0.6) is 0 Å². The van der Waals surface area contributed by atoms with Crippen molar-refractivity contribution in [3.8, 4) is 0 Å². The molecule has 1 amide bonds. The lowest BCUT2D eigenvalue weighted by Gasteiger charge is -2.10. The Morgan fingerprint density at radius 1 is 0.857 bits per heavy atom. The molecule has 3 aromatic rings. The molecule has 0 aromatic heterocycles. The lowest BCUT2D eigenvalue weighted by Crippen LogP contribution is -2.26. The summed E-state index contributed by atoms with van der Waals surface area (Å²) in [6.07, 6.45) is 0. The molecule has 0 fully saturated rings. The molecular formula is C23H22FNOS2. The van der Waals surface area contributed by atoms with Crippen LogP contribution in [0.15, 0.2) is 83.8 Å². The first-order chi connectivity index (χ1) is 13.7. The van der Waals surface area contributed by atoms with E-state index in [1.54, 1.807) is 35.7 Å². The Bertz CT molecular complexity index is 902. The Morgan fingerprint density at radius 3 is 2.39 bits per heavy atom. The van der Waals surface area contributed by atoms with E-state index in [1.807, 2.05) is 48.5 Å². The van der Waals surface area contributed by atoms with Crippen molar-refractivity contribution in [2.75, 3.05) is 12.3 Å². The van der Waals surface area contributed by atoms with E-state index in [9.17, 15) is 9.18 Å². The van der Waals surface area contributed by atoms with Gasteiger partial charge in [0.25, 0.3) is 5.91 Å². The molecule has 144 valence electrons. The fourth-order valence-corrected chi connectivity index (χ4v) is 4.50. The quantitative estimate of drug-likeness (QED) is 0.357. The Morgan fingerprint density at radius 2 is 1.57 bits per heavy atom. The number of halogens is 1. The predicted octanol–water partition coefficient (Wildman–Crippen LogP) is 5.78. The third-order valence-corrected chi connectivity index (χ3v) is 6.27. The molecule has 0 spiro atoms. The highest BCUT2D eigenvalue weighted by Gasteiger charge is 2.11. The summed E-state index contributed by atoms with van der Waals surface area (Å²) in [4.78, 5) is 13.5. The second kappa shape index (κ2) is 10.9. The third-order valence-electron chi connectivity index (χ3n) is 4.12. The van der Waals surface area contributed by atoms with Crippen LogP contribution >= 0.6 is 23.5 Å². The van der Waals surface area contributed by atoms with Gasteiger partial charge in [0.1, 0.15) is 5.82 Å². The van der Waals surface area contributed by atoms with Crippen LogP contribution in [0.3, 0.4) is 0 Å².